The molecule has 2 heterocycles. The van der Waals surface area contributed by atoms with Crippen LogP contribution in [0, 0.1) is 0 Å². The first kappa shape index (κ1) is 39.0. The Morgan fingerprint density at radius 1 is 0.382 bits per heavy atom. The monoisotopic (exact) mass is 746 g/mol. The first-order valence-corrected chi connectivity index (χ1v) is 18.9. The highest BCUT2D eigenvalue weighted by molar-refractivity contribution is 5.17. The van der Waals surface area contributed by atoms with Gasteiger partial charge in [0.1, 0.15) is 36.6 Å². The number of hydrogen-bond acceptors (Lipinski definition) is 9. The average Bonchev–Trinajstić information content (AvgIpc) is 3.75. The van der Waals surface area contributed by atoms with Crippen LogP contribution in [0.25, 0.3) is 0 Å². The van der Waals surface area contributed by atoms with E-state index in [1.54, 1.807) is 7.11 Å². The molecule has 2 saturated heterocycles. The van der Waals surface area contributed by atoms with E-state index in [1.165, 1.54) is 0 Å². The zero-order valence-electron chi connectivity index (χ0n) is 31.2. The van der Waals surface area contributed by atoms with Crippen molar-refractivity contribution in [2.24, 2.45) is 0 Å². The van der Waals surface area contributed by atoms with E-state index < -0.39 is 49.2 Å². The second-order valence-corrected chi connectivity index (χ2v) is 13.7. The van der Waals surface area contributed by atoms with E-state index >= 15 is 0 Å². The minimum atomic E-state index is -0.868. The molecule has 7 rings (SSSR count). The highest BCUT2D eigenvalue weighted by Gasteiger charge is 2.53. The Kier molecular flexibility index (Phi) is 14.6. The summed E-state index contributed by atoms with van der Waals surface area (Å²) in [5.41, 5.74) is 5.21. The first-order chi connectivity index (χ1) is 27.2. The molecule has 0 saturated carbocycles. The molecular formula is C46H50O9. The summed E-state index contributed by atoms with van der Waals surface area (Å²) in [6.45, 7) is 2.43. The number of ether oxygens (including phenoxy) is 9. The summed E-state index contributed by atoms with van der Waals surface area (Å²) in [4.78, 5) is 0. The maximum atomic E-state index is 6.94. The van der Waals surface area contributed by atoms with E-state index in [9.17, 15) is 0 Å². The quantitative estimate of drug-likeness (QED) is 0.0798. The molecule has 2 fully saturated rings. The van der Waals surface area contributed by atoms with Crippen LogP contribution in [0.2, 0.25) is 0 Å². The number of hydrogen-bond donors (Lipinski definition) is 0. The number of rotatable bonds is 20. The van der Waals surface area contributed by atoms with E-state index in [0.717, 1.165) is 27.8 Å². The van der Waals surface area contributed by atoms with Gasteiger partial charge in [0.2, 0.25) is 0 Å². The molecule has 5 aromatic carbocycles. The average molecular weight is 747 g/mol. The fourth-order valence-electron chi connectivity index (χ4n) is 6.86. The van der Waals surface area contributed by atoms with Crippen molar-refractivity contribution in [3.05, 3.63) is 179 Å². The van der Waals surface area contributed by atoms with E-state index in [1.807, 2.05) is 152 Å². The van der Waals surface area contributed by atoms with Gasteiger partial charge in [-0.2, -0.15) is 0 Å². The van der Waals surface area contributed by atoms with Crippen LogP contribution in [0.15, 0.2) is 152 Å². The molecule has 0 bridgehead atoms. The summed E-state index contributed by atoms with van der Waals surface area (Å²) in [5, 5.41) is 0. The van der Waals surface area contributed by atoms with Crippen LogP contribution < -0.4 is 0 Å². The molecule has 8 atom stereocenters. The largest absolute Gasteiger partial charge is 0.374 e. The molecule has 0 aromatic heterocycles. The van der Waals surface area contributed by atoms with Gasteiger partial charge < -0.3 is 42.6 Å². The molecular weight excluding hydrogens is 696 g/mol. The second kappa shape index (κ2) is 20.6. The second-order valence-electron chi connectivity index (χ2n) is 13.7. The van der Waals surface area contributed by atoms with Gasteiger partial charge >= 0.3 is 0 Å². The molecule has 288 valence electrons. The summed E-state index contributed by atoms with van der Waals surface area (Å²) in [7, 11) is 1.60. The fraction of sp³-hybridized carbons (Fsp3) is 0.348. The first-order valence-electron chi connectivity index (χ1n) is 18.9. The van der Waals surface area contributed by atoms with Crippen molar-refractivity contribution in [2.75, 3.05) is 20.3 Å². The van der Waals surface area contributed by atoms with E-state index in [0.29, 0.717) is 33.0 Å². The summed E-state index contributed by atoms with van der Waals surface area (Å²) in [5.74, 6) is 0. The molecule has 5 aromatic rings. The minimum Gasteiger partial charge on any atom is -0.374 e. The topological polar surface area (TPSA) is 83.1 Å². The van der Waals surface area contributed by atoms with Crippen molar-refractivity contribution < 1.29 is 42.6 Å². The van der Waals surface area contributed by atoms with Crippen molar-refractivity contribution >= 4 is 0 Å². The molecule has 0 amide bonds. The highest BCUT2D eigenvalue weighted by Crippen LogP contribution is 2.35. The van der Waals surface area contributed by atoms with Crippen LogP contribution >= 0.6 is 0 Å². The summed E-state index contributed by atoms with van der Waals surface area (Å²) >= 11 is 0. The van der Waals surface area contributed by atoms with E-state index in [2.05, 4.69) is 0 Å². The molecule has 0 N–H and O–H groups in total. The standard InChI is InChI=1S/C46H50O9/c1-47-45-44(42(51-30-37-23-13-5-14-24-37)40(53-45)33-49-28-35-19-9-3-10-20-35)55-46-43(52-31-38-25-15-6-16-26-38)41(50-29-36-21-11-4-12-22-36)39(54-46)32-48-27-34-17-7-2-8-18-34/h2-26,39-46H,27-33H2,1H3. The molecule has 2 aliphatic rings. The van der Waals surface area contributed by atoms with Crippen molar-refractivity contribution in [1.82, 2.24) is 0 Å². The van der Waals surface area contributed by atoms with Crippen LogP contribution in [0.3, 0.4) is 0 Å². The van der Waals surface area contributed by atoms with Crippen molar-refractivity contribution in [3.63, 3.8) is 0 Å². The number of benzene rings is 5. The highest BCUT2D eigenvalue weighted by atomic mass is 16.8. The van der Waals surface area contributed by atoms with Gasteiger partial charge in [0.15, 0.2) is 12.6 Å². The van der Waals surface area contributed by atoms with Crippen molar-refractivity contribution in [2.45, 2.75) is 82.2 Å². The lowest BCUT2D eigenvalue weighted by atomic mass is 10.1. The maximum Gasteiger partial charge on any atom is 0.187 e. The Morgan fingerprint density at radius 2 is 0.709 bits per heavy atom. The lowest BCUT2D eigenvalue weighted by molar-refractivity contribution is -0.251. The maximum absolute atomic E-state index is 6.94. The van der Waals surface area contributed by atoms with Crippen LogP contribution in [0.1, 0.15) is 27.8 Å². The van der Waals surface area contributed by atoms with Crippen LogP contribution in [-0.2, 0) is 75.7 Å². The third-order valence-corrected chi connectivity index (χ3v) is 9.70. The van der Waals surface area contributed by atoms with Gasteiger partial charge in [0.25, 0.3) is 0 Å². The van der Waals surface area contributed by atoms with Gasteiger partial charge in [0.05, 0.1) is 46.2 Å². The van der Waals surface area contributed by atoms with E-state index in [4.69, 9.17) is 42.6 Å². The van der Waals surface area contributed by atoms with Crippen molar-refractivity contribution in [3.8, 4) is 0 Å². The fourth-order valence-corrected chi connectivity index (χ4v) is 6.86. The molecule has 0 spiro atoms. The zero-order chi connectivity index (χ0) is 37.5. The van der Waals surface area contributed by atoms with Crippen LogP contribution in [0.4, 0.5) is 0 Å². The normalized spacial score (nSPS) is 25.0. The molecule has 0 radical (unpaired) electrons. The van der Waals surface area contributed by atoms with Gasteiger partial charge in [-0.25, -0.2) is 0 Å². The Bertz CT molecular complexity index is 1780. The lowest BCUT2D eigenvalue weighted by Gasteiger charge is -2.30. The molecule has 9 nitrogen and oxygen atoms in total. The third kappa shape index (κ3) is 11.2. The Balaban J connectivity index is 1.13. The molecule has 9 heteroatoms. The molecule has 55 heavy (non-hydrogen) atoms. The predicted octanol–water partition coefficient (Wildman–Crippen LogP) is 7.66. The summed E-state index contributed by atoms with van der Waals surface area (Å²) < 4.78 is 58.5. The molecule has 0 aliphatic carbocycles. The Labute approximate surface area is 324 Å². The van der Waals surface area contributed by atoms with Crippen molar-refractivity contribution in [1.29, 1.82) is 0 Å². The third-order valence-electron chi connectivity index (χ3n) is 9.70. The Morgan fingerprint density at radius 3 is 1.09 bits per heavy atom. The summed E-state index contributed by atoms with van der Waals surface area (Å²) in [6.07, 6.45) is -5.02. The molecule has 8 unspecified atom stereocenters. The Hall–Kier alpha value is -4.26. The SMILES string of the molecule is COC1OC(COCc2ccccc2)C(OCc2ccccc2)C1OC1OC(COCc2ccccc2)C(OCc2ccccc2)C1OCc1ccccc1. The predicted molar refractivity (Wildman–Crippen MR) is 206 cm³/mol. The minimum absolute atomic E-state index is 0.262. The lowest BCUT2D eigenvalue weighted by Crippen LogP contribution is -2.45. The van der Waals surface area contributed by atoms with E-state index in [-0.39, 0.29) is 13.2 Å². The van der Waals surface area contributed by atoms with Gasteiger partial charge in [0, 0.05) is 7.11 Å². The van der Waals surface area contributed by atoms with Gasteiger partial charge in [-0.05, 0) is 27.8 Å². The van der Waals surface area contributed by atoms with Gasteiger partial charge in [-0.1, -0.05) is 152 Å². The summed E-state index contributed by atoms with van der Waals surface area (Å²) in [6, 6.07) is 50.3. The van der Waals surface area contributed by atoms with Gasteiger partial charge in [-0.3, -0.25) is 0 Å². The van der Waals surface area contributed by atoms with Gasteiger partial charge in [-0.15, -0.1) is 0 Å². The van der Waals surface area contributed by atoms with Crippen LogP contribution in [-0.4, -0.2) is 69.5 Å². The molecule has 2 aliphatic heterocycles. The zero-order valence-corrected chi connectivity index (χ0v) is 31.2. The number of methoxy groups -OCH3 is 1. The van der Waals surface area contributed by atoms with Crippen LogP contribution in [0.5, 0.6) is 0 Å². The smallest absolute Gasteiger partial charge is 0.187 e.